The quantitative estimate of drug-likeness (QED) is 0.703. The maximum Gasteiger partial charge on any atom is 0.241 e. The molecular weight excluding hydrogens is 344 g/mol. The molecule has 0 bridgehead atoms. The van der Waals surface area contributed by atoms with E-state index in [-0.39, 0.29) is 10.9 Å². The van der Waals surface area contributed by atoms with Crippen LogP contribution in [0.2, 0.25) is 0 Å². The molecule has 3 rings (SSSR count). The Kier molecular flexibility index (Phi) is 5.52. The molecule has 5 heteroatoms. The van der Waals surface area contributed by atoms with Gasteiger partial charge in [-0.2, -0.15) is 4.72 Å². The van der Waals surface area contributed by atoms with E-state index in [9.17, 15) is 8.42 Å². The zero-order valence-corrected chi connectivity index (χ0v) is 15.5. The van der Waals surface area contributed by atoms with Gasteiger partial charge in [0, 0.05) is 5.56 Å². The van der Waals surface area contributed by atoms with Crippen LogP contribution in [0, 0.1) is 6.92 Å². The van der Waals surface area contributed by atoms with E-state index in [1.165, 1.54) is 0 Å². The molecule has 0 unspecified atom stereocenters. The number of quaternary nitrogens is 1. The van der Waals surface area contributed by atoms with Gasteiger partial charge in [0.25, 0.3) is 0 Å². The summed E-state index contributed by atoms with van der Waals surface area (Å²) in [6.07, 6.45) is 0. The predicted molar refractivity (Wildman–Crippen MR) is 103 cm³/mol. The number of hydrogen-bond acceptors (Lipinski definition) is 2. The second-order valence-corrected chi connectivity index (χ2v) is 8.05. The lowest BCUT2D eigenvalue weighted by atomic mass is 9.95. The molecule has 0 aliphatic heterocycles. The van der Waals surface area contributed by atoms with Gasteiger partial charge in [0.2, 0.25) is 10.0 Å². The Morgan fingerprint density at radius 1 is 0.769 bits per heavy atom. The van der Waals surface area contributed by atoms with Gasteiger partial charge in [0.05, 0.1) is 4.90 Å². The molecule has 26 heavy (non-hydrogen) atoms. The van der Waals surface area contributed by atoms with Gasteiger partial charge in [0.15, 0.2) is 0 Å². The minimum absolute atomic E-state index is 0.254. The Morgan fingerprint density at radius 2 is 1.27 bits per heavy atom. The Hall–Kier alpha value is -2.47. The van der Waals surface area contributed by atoms with Crippen molar-refractivity contribution in [2.24, 2.45) is 0 Å². The summed E-state index contributed by atoms with van der Waals surface area (Å²) in [7, 11) is -3.67. The number of benzene rings is 3. The summed E-state index contributed by atoms with van der Waals surface area (Å²) < 4.78 is 28.7. The summed E-state index contributed by atoms with van der Waals surface area (Å²) in [6, 6.07) is 25.4. The molecule has 0 aliphatic carbocycles. The topological polar surface area (TPSA) is 73.8 Å². The molecule has 4 N–H and O–H groups in total. The van der Waals surface area contributed by atoms with E-state index in [0.29, 0.717) is 0 Å². The van der Waals surface area contributed by atoms with Gasteiger partial charge in [-0.05, 0) is 24.6 Å². The first-order valence-electron chi connectivity index (χ1n) is 8.49. The molecule has 0 fully saturated rings. The number of nitrogens with one attached hydrogen (secondary N) is 1. The zero-order valence-electron chi connectivity index (χ0n) is 14.7. The van der Waals surface area contributed by atoms with Crippen LogP contribution in [0.25, 0.3) is 0 Å². The molecule has 0 amide bonds. The van der Waals surface area contributed by atoms with Crippen LogP contribution in [0.4, 0.5) is 0 Å². The summed E-state index contributed by atoms with van der Waals surface area (Å²) in [4.78, 5) is 0.254. The summed E-state index contributed by atoms with van der Waals surface area (Å²) in [5.41, 5.74) is 7.13. The first-order chi connectivity index (χ1) is 12.5. The van der Waals surface area contributed by atoms with Crippen molar-refractivity contribution in [3.63, 3.8) is 0 Å². The smallest absolute Gasteiger partial charge is 0.241 e. The van der Waals surface area contributed by atoms with Gasteiger partial charge in [-0.3, -0.25) is 0 Å². The summed E-state index contributed by atoms with van der Waals surface area (Å²) in [5.74, 6) is 0. The van der Waals surface area contributed by atoms with Gasteiger partial charge in [0.1, 0.15) is 12.1 Å². The minimum atomic E-state index is -3.67. The van der Waals surface area contributed by atoms with Crippen molar-refractivity contribution in [3.8, 4) is 0 Å². The zero-order chi connectivity index (χ0) is 18.6. The van der Waals surface area contributed by atoms with Gasteiger partial charge in [-0.25, -0.2) is 8.42 Å². The van der Waals surface area contributed by atoms with Gasteiger partial charge in [-0.15, -0.1) is 0 Å². The molecule has 0 spiro atoms. The summed E-state index contributed by atoms with van der Waals surface area (Å²) in [6.45, 7) is 1.93. The van der Waals surface area contributed by atoms with E-state index in [0.717, 1.165) is 16.7 Å². The number of hydrogen-bond donors (Lipinski definition) is 2. The lowest BCUT2D eigenvalue weighted by molar-refractivity contribution is -0.433. The van der Waals surface area contributed by atoms with Crippen molar-refractivity contribution in [1.29, 1.82) is 0 Å². The third-order valence-electron chi connectivity index (χ3n) is 4.40. The molecule has 2 atom stereocenters. The SMILES string of the molecule is Cc1ccc(S(=O)(=O)N[C@H](c2ccccc2)[C@H]([NH3+])c2ccccc2)cc1. The highest BCUT2D eigenvalue weighted by atomic mass is 32.2. The van der Waals surface area contributed by atoms with Crippen LogP contribution >= 0.6 is 0 Å². The molecule has 0 saturated heterocycles. The highest BCUT2D eigenvalue weighted by molar-refractivity contribution is 7.89. The molecule has 0 heterocycles. The van der Waals surface area contributed by atoms with Crippen molar-refractivity contribution in [1.82, 2.24) is 4.72 Å². The second kappa shape index (κ2) is 7.83. The summed E-state index contributed by atoms with van der Waals surface area (Å²) in [5, 5.41) is 0. The Bertz CT molecular complexity index is 940. The summed E-state index contributed by atoms with van der Waals surface area (Å²) >= 11 is 0. The number of aryl methyl sites for hydroxylation is 1. The number of rotatable bonds is 6. The molecule has 0 radical (unpaired) electrons. The van der Waals surface area contributed by atoms with Crippen LogP contribution < -0.4 is 10.5 Å². The predicted octanol–water partition coefficient (Wildman–Crippen LogP) is 3.00. The maximum absolute atomic E-state index is 12.9. The fourth-order valence-corrected chi connectivity index (χ4v) is 4.15. The number of sulfonamides is 1. The molecule has 3 aromatic carbocycles. The van der Waals surface area contributed by atoms with Crippen molar-refractivity contribution >= 4 is 10.0 Å². The van der Waals surface area contributed by atoms with Crippen LogP contribution in [0.15, 0.2) is 89.8 Å². The van der Waals surface area contributed by atoms with Crippen molar-refractivity contribution in [2.75, 3.05) is 0 Å². The normalized spacial score (nSPS) is 13.9. The van der Waals surface area contributed by atoms with Gasteiger partial charge in [-0.1, -0.05) is 78.4 Å². The molecular formula is C21H23N2O2S+. The molecule has 0 aromatic heterocycles. The minimum Gasteiger partial charge on any atom is -0.350 e. The Morgan fingerprint density at radius 3 is 1.81 bits per heavy atom. The molecule has 0 saturated carbocycles. The van der Waals surface area contributed by atoms with Crippen LogP contribution in [-0.2, 0) is 10.0 Å². The highest BCUT2D eigenvalue weighted by Crippen LogP contribution is 2.27. The van der Waals surface area contributed by atoms with E-state index in [1.54, 1.807) is 24.3 Å². The van der Waals surface area contributed by atoms with Crippen molar-refractivity contribution < 1.29 is 14.2 Å². The largest absolute Gasteiger partial charge is 0.350 e. The average Bonchev–Trinajstić information content (AvgIpc) is 2.67. The third kappa shape index (κ3) is 4.19. The van der Waals surface area contributed by atoms with Crippen molar-refractivity contribution in [2.45, 2.75) is 23.9 Å². The highest BCUT2D eigenvalue weighted by Gasteiger charge is 2.29. The van der Waals surface area contributed by atoms with Crippen LogP contribution in [-0.4, -0.2) is 8.42 Å². The standard InChI is InChI=1S/C21H22N2O2S/c1-16-12-14-19(15-13-16)26(24,25)23-21(18-10-6-3-7-11-18)20(22)17-8-4-2-5-9-17/h2-15,20-21,23H,22H2,1H3/p+1/t20-,21-/m1/s1. The van der Waals surface area contributed by atoms with E-state index >= 15 is 0 Å². The lowest BCUT2D eigenvalue weighted by Gasteiger charge is -2.23. The van der Waals surface area contributed by atoms with Gasteiger partial charge >= 0.3 is 0 Å². The monoisotopic (exact) mass is 367 g/mol. The Labute approximate surface area is 154 Å². The average molecular weight is 367 g/mol. The molecule has 0 aliphatic rings. The first-order valence-corrected chi connectivity index (χ1v) is 9.98. The van der Waals surface area contributed by atoms with Gasteiger partial charge < -0.3 is 5.73 Å². The van der Waals surface area contributed by atoms with E-state index in [1.807, 2.05) is 67.6 Å². The van der Waals surface area contributed by atoms with Crippen molar-refractivity contribution in [3.05, 3.63) is 102 Å². The van der Waals surface area contributed by atoms with Crippen LogP contribution in [0.1, 0.15) is 28.8 Å². The molecule has 134 valence electrons. The van der Waals surface area contributed by atoms with Crippen LogP contribution in [0.5, 0.6) is 0 Å². The van der Waals surface area contributed by atoms with Crippen LogP contribution in [0.3, 0.4) is 0 Å². The van der Waals surface area contributed by atoms with E-state index < -0.39 is 16.1 Å². The second-order valence-electron chi connectivity index (χ2n) is 6.34. The van der Waals surface area contributed by atoms with E-state index in [2.05, 4.69) is 10.5 Å². The van der Waals surface area contributed by atoms with E-state index in [4.69, 9.17) is 0 Å². The fourth-order valence-electron chi connectivity index (χ4n) is 2.89. The maximum atomic E-state index is 12.9. The third-order valence-corrected chi connectivity index (χ3v) is 5.86. The first kappa shape index (κ1) is 18.3. The molecule has 4 nitrogen and oxygen atoms in total. The lowest BCUT2D eigenvalue weighted by Crippen LogP contribution is -2.59. The fraction of sp³-hybridized carbons (Fsp3) is 0.143. The molecule has 3 aromatic rings. The Balaban J connectivity index is 1.97.